The summed E-state index contributed by atoms with van der Waals surface area (Å²) < 4.78 is 12.7. The highest BCUT2D eigenvalue weighted by atomic mass is 35.5. The number of hydrogen-bond acceptors (Lipinski definition) is 1. The Morgan fingerprint density at radius 2 is 2.14 bits per heavy atom. The van der Waals surface area contributed by atoms with Crippen LogP contribution in [0, 0.1) is 5.82 Å². The highest BCUT2D eigenvalue weighted by Gasteiger charge is 2.07. The van der Waals surface area contributed by atoms with Gasteiger partial charge in [0.05, 0.1) is 0 Å². The first-order valence-corrected chi connectivity index (χ1v) is 4.74. The average molecular weight is 214 g/mol. The first-order valence-electron chi connectivity index (χ1n) is 4.36. The molecule has 2 N–H and O–H groups in total. The lowest BCUT2D eigenvalue weighted by molar-refractivity contribution is 0.626. The van der Waals surface area contributed by atoms with Crippen LogP contribution in [0.3, 0.4) is 0 Å². The minimum atomic E-state index is -0.344. The van der Waals surface area contributed by atoms with Crippen LogP contribution in [-0.2, 0) is 0 Å². The van der Waals surface area contributed by atoms with Crippen LogP contribution in [0.1, 0.15) is 25.5 Å². The maximum absolute atomic E-state index is 12.7. The predicted octanol–water partition coefficient (Wildman–Crippen LogP) is 3.45. The fourth-order valence-electron chi connectivity index (χ4n) is 1.22. The van der Waals surface area contributed by atoms with Crippen molar-refractivity contribution < 1.29 is 4.39 Å². The molecule has 0 aromatic heterocycles. The molecule has 0 spiro atoms. The molecule has 76 valence electrons. The van der Waals surface area contributed by atoms with Crippen LogP contribution in [-0.4, -0.2) is 0 Å². The highest BCUT2D eigenvalue weighted by Crippen LogP contribution is 2.23. The fourth-order valence-corrected chi connectivity index (χ4v) is 1.51. The molecule has 0 saturated carbocycles. The zero-order valence-electron chi connectivity index (χ0n) is 8.22. The standard InChI is InChI=1S/C11H13ClFN/c1-7(2)5-11(14)9-4-3-8(13)6-10(9)12/h3-6,11H,14H2,1-2H3. The average Bonchev–Trinajstić information content (AvgIpc) is 2.01. The zero-order chi connectivity index (χ0) is 10.7. The summed E-state index contributed by atoms with van der Waals surface area (Å²) in [6.45, 7) is 3.91. The number of rotatable bonds is 2. The Morgan fingerprint density at radius 3 is 2.64 bits per heavy atom. The van der Waals surface area contributed by atoms with Gasteiger partial charge in [-0.05, 0) is 31.5 Å². The molecule has 1 nitrogen and oxygen atoms in total. The topological polar surface area (TPSA) is 26.0 Å². The van der Waals surface area contributed by atoms with Gasteiger partial charge in [0.25, 0.3) is 0 Å². The molecule has 1 aromatic rings. The van der Waals surface area contributed by atoms with Gasteiger partial charge in [-0.1, -0.05) is 29.3 Å². The van der Waals surface area contributed by atoms with E-state index in [2.05, 4.69) is 0 Å². The van der Waals surface area contributed by atoms with Gasteiger partial charge in [0.2, 0.25) is 0 Å². The van der Waals surface area contributed by atoms with Crippen LogP contribution in [0.25, 0.3) is 0 Å². The van der Waals surface area contributed by atoms with Gasteiger partial charge in [0.1, 0.15) is 5.82 Å². The number of nitrogens with two attached hydrogens (primary N) is 1. The highest BCUT2D eigenvalue weighted by molar-refractivity contribution is 6.31. The molecule has 0 aliphatic heterocycles. The summed E-state index contributed by atoms with van der Waals surface area (Å²) in [6.07, 6.45) is 1.89. The van der Waals surface area contributed by atoms with Crippen molar-refractivity contribution in [3.05, 3.63) is 46.3 Å². The zero-order valence-corrected chi connectivity index (χ0v) is 8.98. The molecule has 0 heterocycles. The maximum atomic E-state index is 12.7. The van der Waals surface area contributed by atoms with Crippen molar-refractivity contribution in [3.63, 3.8) is 0 Å². The van der Waals surface area contributed by atoms with Gasteiger partial charge in [0.15, 0.2) is 0 Å². The van der Waals surface area contributed by atoms with E-state index >= 15 is 0 Å². The molecule has 1 unspecified atom stereocenters. The van der Waals surface area contributed by atoms with Crippen molar-refractivity contribution in [3.8, 4) is 0 Å². The second-order valence-electron chi connectivity index (χ2n) is 3.44. The third kappa shape index (κ3) is 2.82. The second kappa shape index (κ2) is 4.58. The predicted molar refractivity (Wildman–Crippen MR) is 57.8 cm³/mol. The largest absolute Gasteiger partial charge is 0.321 e. The van der Waals surface area contributed by atoms with E-state index in [0.29, 0.717) is 5.02 Å². The van der Waals surface area contributed by atoms with E-state index < -0.39 is 0 Å². The summed E-state index contributed by atoms with van der Waals surface area (Å²) in [4.78, 5) is 0. The van der Waals surface area contributed by atoms with Crippen molar-refractivity contribution in [1.82, 2.24) is 0 Å². The normalized spacial score (nSPS) is 12.4. The Hall–Kier alpha value is -0.860. The number of allylic oxidation sites excluding steroid dienone is 1. The van der Waals surface area contributed by atoms with Crippen molar-refractivity contribution in [2.45, 2.75) is 19.9 Å². The van der Waals surface area contributed by atoms with Crippen LogP contribution in [0.5, 0.6) is 0 Å². The molecule has 1 atom stereocenters. The summed E-state index contributed by atoms with van der Waals surface area (Å²) in [5, 5.41) is 0.370. The van der Waals surface area contributed by atoms with E-state index in [1.165, 1.54) is 12.1 Å². The molecule has 0 aliphatic carbocycles. The van der Waals surface area contributed by atoms with Crippen LogP contribution in [0.15, 0.2) is 29.8 Å². The van der Waals surface area contributed by atoms with Gasteiger partial charge < -0.3 is 5.73 Å². The van der Waals surface area contributed by atoms with Gasteiger partial charge in [-0.25, -0.2) is 4.39 Å². The SMILES string of the molecule is CC(C)=CC(N)c1ccc(F)cc1Cl. The minimum absolute atomic E-state index is 0.270. The molecule has 3 heteroatoms. The number of halogens is 2. The molecule has 14 heavy (non-hydrogen) atoms. The summed E-state index contributed by atoms with van der Waals surface area (Å²) in [5.41, 5.74) is 7.72. The molecule has 0 fully saturated rings. The first-order chi connectivity index (χ1) is 6.50. The third-order valence-electron chi connectivity index (χ3n) is 1.83. The summed E-state index contributed by atoms with van der Waals surface area (Å²) in [6, 6.07) is 3.98. The molecule has 0 amide bonds. The molecule has 1 rings (SSSR count). The molecule has 0 bridgehead atoms. The van der Waals surface area contributed by atoms with E-state index in [1.807, 2.05) is 19.9 Å². The van der Waals surface area contributed by atoms with Crippen molar-refractivity contribution in [1.29, 1.82) is 0 Å². The Balaban J connectivity index is 3.02. The Morgan fingerprint density at radius 1 is 1.50 bits per heavy atom. The summed E-state index contributed by atoms with van der Waals surface area (Å²) >= 11 is 5.86. The van der Waals surface area contributed by atoms with Gasteiger partial charge in [-0.3, -0.25) is 0 Å². The number of hydrogen-bond donors (Lipinski definition) is 1. The van der Waals surface area contributed by atoms with Gasteiger partial charge in [-0.2, -0.15) is 0 Å². The third-order valence-corrected chi connectivity index (χ3v) is 2.16. The summed E-state index contributed by atoms with van der Waals surface area (Å²) in [5.74, 6) is -0.344. The molecule has 0 aliphatic rings. The maximum Gasteiger partial charge on any atom is 0.124 e. The van der Waals surface area contributed by atoms with E-state index in [0.717, 1.165) is 11.1 Å². The van der Waals surface area contributed by atoms with E-state index in [9.17, 15) is 4.39 Å². The van der Waals surface area contributed by atoms with Crippen LogP contribution in [0.2, 0.25) is 5.02 Å². The molecule has 0 saturated heterocycles. The van der Waals surface area contributed by atoms with E-state index in [1.54, 1.807) is 6.07 Å². The fraction of sp³-hybridized carbons (Fsp3) is 0.273. The second-order valence-corrected chi connectivity index (χ2v) is 3.84. The van der Waals surface area contributed by atoms with Crippen molar-refractivity contribution in [2.75, 3.05) is 0 Å². The quantitative estimate of drug-likeness (QED) is 0.749. The Kier molecular flexibility index (Phi) is 3.67. The molecule has 1 aromatic carbocycles. The summed E-state index contributed by atoms with van der Waals surface area (Å²) in [7, 11) is 0. The molecular formula is C11H13ClFN. The van der Waals surface area contributed by atoms with Crippen molar-refractivity contribution >= 4 is 11.6 Å². The lowest BCUT2D eigenvalue weighted by Crippen LogP contribution is -2.08. The van der Waals surface area contributed by atoms with E-state index in [4.69, 9.17) is 17.3 Å². The van der Waals surface area contributed by atoms with Crippen molar-refractivity contribution in [2.24, 2.45) is 5.73 Å². The Labute approximate surface area is 88.4 Å². The smallest absolute Gasteiger partial charge is 0.124 e. The van der Waals surface area contributed by atoms with Gasteiger partial charge in [0, 0.05) is 11.1 Å². The first kappa shape index (κ1) is 11.2. The van der Waals surface area contributed by atoms with Gasteiger partial charge in [-0.15, -0.1) is 0 Å². The molecular weight excluding hydrogens is 201 g/mol. The lowest BCUT2D eigenvalue weighted by atomic mass is 10.1. The van der Waals surface area contributed by atoms with Crippen LogP contribution in [0.4, 0.5) is 4.39 Å². The number of benzene rings is 1. The molecule has 0 radical (unpaired) electrons. The minimum Gasteiger partial charge on any atom is -0.321 e. The lowest BCUT2D eigenvalue weighted by Gasteiger charge is -2.09. The van der Waals surface area contributed by atoms with Crippen LogP contribution >= 0.6 is 11.6 Å². The van der Waals surface area contributed by atoms with E-state index in [-0.39, 0.29) is 11.9 Å². The van der Waals surface area contributed by atoms with Crippen LogP contribution < -0.4 is 5.73 Å². The monoisotopic (exact) mass is 213 g/mol. The Bertz CT molecular complexity index is 356. The van der Waals surface area contributed by atoms with Gasteiger partial charge >= 0.3 is 0 Å².